The first-order valence-electron chi connectivity index (χ1n) is 20.5. The van der Waals surface area contributed by atoms with E-state index in [9.17, 15) is 33.9 Å². The van der Waals surface area contributed by atoms with E-state index < -0.39 is 30.0 Å². The Balaban J connectivity index is 3.67. The fraction of sp³-hybridized carbons (Fsp3) is 0.842. The van der Waals surface area contributed by atoms with E-state index in [0.29, 0.717) is 45.8 Å². The number of unbranched alkanes of at least 4 members (excludes halogenated alkanes) is 10. The number of rotatable bonds is 42. The summed E-state index contributed by atoms with van der Waals surface area (Å²) < 4.78 is 21.7. The second-order valence-electron chi connectivity index (χ2n) is 13.9. The van der Waals surface area contributed by atoms with Crippen LogP contribution in [-0.2, 0) is 47.7 Å². The maximum atomic E-state index is 12.3. The van der Waals surface area contributed by atoms with Crippen molar-refractivity contribution in [1.29, 1.82) is 0 Å². The third-order valence-corrected chi connectivity index (χ3v) is 9.13. The molecule has 0 fully saturated rings. The minimum Gasteiger partial charge on any atom is -0.481 e. The molecule has 8 N–H and O–H groups in total. The maximum absolute atomic E-state index is 12.3. The van der Waals surface area contributed by atoms with E-state index >= 15 is 0 Å². The van der Waals surface area contributed by atoms with Crippen LogP contribution >= 0.6 is 9.39 Å². The summed E-state index contributed by atoms with van der Waals surface area (Å²) in [6.07, 6.45) is 12.3. The van der Waals surface area contributed by atoms with Gasteiger partial charge in [-0.1, -0.05) is 67.2 Å². The van der Waals surface area contributed by atoms with E-state index in [1.807, 2.05) is 6.92 Å². The molecule has 4 unspecified atom stereocenters. The first-order chi connectivity index (χ1) is 27.5. The highest BCUT2D eigenvalue weighted by atomic mass is 31.0. The van der Waals surface area contributed by atoms with Crippen molar-refractivity contribution >= 4 is 45.0 Å². The van der Waals surface area contributed by atoms with Crippen LogP contribution in [0.1, 0.15) is 116 Å². The van der Waals surface area contributed by atoms with E-state index in [0.717, 1.165) is 77.2 Å². The lowest BCUT2D eigenvalue weighted by molar-refractivity contribution is -0.142. The first kappa shape index (κ1) is 54.0. The summed E-state index contributed by atoms with van der Waals surface area (Å²) in [6, 6.07) is -1.54. The van der Waals surface area contributed by atoms with Crippen LogP contribution in [0.2, 0.25) is 0 Å². The number of carboxylic acids is 3. The van der Waals surface area contributed by atoms with Crippen LogP contribution in [0.4, 0.5) is 0 Å². The van der Waals surface area contributed by atoms with Crippen molar-refractivity contribution in [2.45, 2.75) is 134 Å². The van der Waals surface area contributed by atoms with Crippen molar-refractivity contribution in [3.05, 3.63) is 0 Å². The number of ether oxygens (including phenoxy) is 4. The SMILES string of the molecule is CC(COCCOCCNC(=O)COCCOCCNC(=O)CCC(NC(=O)CCCCCCCCCCCCC(=O)O)C(=O)O)NCCCCC(NP)C(=O)O. The maximum Gasteiger partial charge on any atom is 0.326 e. The van der Waals surface area contributed by atoms with Crippen molar-refractivity contribution < 1.29 is 63.0 Å². The normalized spacial score (nSPS) is 12.7. The van der Waals surface area contributed by atoms with Gasteiger partial charge < -0.3 is 55.5 Å². The Morgan fingerprint density at radius 1 is 0.526 bits per heavy atom. The number of hydrogen-bond donors (Lipinski definition) is 8. The van der Waals surface area contributed by atoms with Crippen LogP contribution in [0.3, 0.4) is 0 Å². The van der Waals surface area contributed by atoms with Crippen LogP contribution in [0.25, 0.3) is 0 Å². The molecular formula is C38H72N5O13P. The molecule has 3 amide bonds. The van der Waals surface area contributed by atoms with Crippen molar-refractivity contribution in [3.63, 3.8) is 0 Å². The zero-order valence-electron chi connectivity index (χ0n) is 34.0. The molecule has 0 bridgehead atoms. The minimum absolute atomic E-state index is 0.0302. The molecule has 0 heterocycles. The van der Waals surface area contributed by atoms with Gasteiger partial charge in [0.1, 0.15) is 18.7 Å². The van der Waals surface area contributed by atoms with Gasteiger partial charge in [-0.2, -0.15) is 0 Å². The van der Waals surface area contributed by atoms with Gasteiger partial charge in [0, 0.05) is 38.4 Å². The average molecular weight is 838 g/mol. The van der Waals surface area contributed by atoms with Crippen LogP contribution < -0.4 is 26.4 Å². The molecule has 0 aromatic heterocycles. The van der Waals surface area contributed by atoms with E-state index in [2.05, 4.69) is 35.7 Å². The van der Waals surface area contributed by atoms with Gasteiger partial charge in [-0.3, -0.25) is 29.1 Å². The molecule has 0 radical (unpaired) electrons. The molecule has 0 aliphatic carbocycles. The molecule has 332 valence electrons. The predicted octanol–water partition coefficient (Wildman–Crippen LogP) is 2.38. The molecule has 0 aromatic carbocycles. The monoisotopic (exact) mass is 837 g/mol. The van der Waals surface area contributed by atoms with Crippen molar-refractivity contribution in [3.8, 4) is 0 Å². The Hall–Kier alpha value is -2.99. The van der Waals surface area contributed by atoms with E-state index in [1.165, 1.54) is 0 Å². The number of hydrogen-bond acceptors (Lipinski definition) is 12. The molecule has 0 spiro atoms. The molecule has 0 saturated heterocycles. The van der Waals surface area contributed by atoms with Crippen molar-refractivity contribution in [2.24, 2.45) is 0 Å². The Morgan fingerprint density at radius 3 is 1.61 bits per heavy atom. The summed E-state index contributed by atoms with van der Waals surface area (Å²) in [5.41, 5.74) is 0. The summed E-state index contributed by atoms with van der Waals surface area (Å²) in [6.45, 7) is 5.46. The standard InChI is InChI=1S/C38H72N5O13P/c1-30(39-19-13-12-14-32(43-57)38(51)52)28-55-26-24-54-23-21-41-35(46)29-56-27-25-53-22-20-40-33(44)18-17-31(37(49)50)42-34(45)15-10-8-6-4-2-3-5-7-9-11-16-36(47)48/h30-32,39,43H,2-29,57H2,1H3,(H,40,44)(H,41,46)(H,42,45)(H,47,48)(H,49,50)(H,51,52). The molecule has 0 saturated carbocycles. The van der Waals surface area contributed by atoms with E-state index in [1.54, 1.807) is 0 Å². The van der Waals surface area contributed by atoms with Gasteiger partial charge in [-0.25, -0.2) is 4.79 Å². The van der Waals surface area contributed by atoms with Gasteiger partial charge in [0.25, 0.3) is 0 Å². The number of amides is 3. The third kappa shape index (κ3) is 37.1. The molecule has 19 heteroatoms. The second kappa shape index (κ2) is 38.5. The number of carbonyl (C=O) groups excluding carboxylic acids is 3. The molecule has 0 rings (SSSR count). The lowest BCUT2D eigenvalue weighted by Crippen LogP contribution is -2.41. The lowest BCUT2D eigenvalue weighted by atomic mass is 10.0. The van der Waals surface area contributed by atoms with E-state index in [-0.39, 0.29) is 82.4 Å². The van der Waals surface area contributed by atoms with Gasteiger partial charge in [0.15, 0.2) is 0 Å². The largest absolute Gasteiger partial charge is 0.481 e. The Morgan fingerprint density at radius 2 is 1.05 bits per heavy atom. The lowest BCUT2D eigenvalue weighted by Gasteiger charge is -2.15. The van der Waals surface area contributed by atoms with E-state index in [4.69, 9.17) is 29.2 Å². The molecule has 18 nitrogen and oxygen atoms in total. The van der Waals surface area contributed by atoms with Crippen molar-refractivity contribution in [2.75, 3.05) is 72.5 Å². The average Bonchev–Trinajstić information content (AvgIpc) is 3.16. The summed E-state index contributed by atoms with van der Waals surface area (Å²) in [5, 5.41) is 41.0. The van der Waals surface area contributed by atoms with Crippen LogP contribution in [-0.4, -0.2) is 142 Å². The number of nitrogens with one attached hydrogen (secondary N) is 5. The zero-order chi connectivity index (χ0) is 42.4. The van der Waals surface area contributed by atoms with Gasteiger partial charge in [0.2, 0.25) is 17.7 Å². The highest BCUT2D eigenvalue weighted by Gasteiger charge is 2.21. The van der Waals surface area contributed by atoms with Crippen LogP contribution in [0, 0.1) is 0 Å². The minimum atomic E-state index is -1.19. The van der Waals surface area contributed by atoms with Gasteiger partial charge in [-0.05, 0) is 45.6 Å². The molecule has 4 atom stereocenters. The smallest absolute Gasteiger partial charge is 0.326 e. The van der Waals surface area contributed by atoms with Gasteiger partial charge in [0.05, 0.1) is 46.2 Å². The number of aliphatic carboxylic acids is 3. The zero-order valence-corrected chi connectivity index (χ0v) is 35.2. The predicted molar refractivity (Wildman–Crippen MR) is 217 cm³/mol. The number of carboxylic acid groups (broad SMARTS) is 3. The van der Waals surface area contributed by atoms with Crippen LogP contribution in [0.15, 0.2) is 0 Å². The summed E-state index contributed by atoms with van der Waals surface area (Å²) in [4.78, 5) is 69.4. The second-order valence-corrected chi connectivity index (χ2v) is 14.2. The summed E-state index contributed by atoms with van der Waals surface area (Å²) in [5.74, 6) is -3.77. The summed E-state index contributed by atoms with van der Waals surface area (Å²) >= 11 is 0. The summed E-state index contributed by atoms with van der Waals surface area (Å²) in [7, 11) is 2.24. The molecule has 0 aliphatic rings. The highest BCUT2D eigenvalue weighted by molar-refractivity contribution is 7.13. The number of carbonyl (C=O) groups is 6. The Kier molecular flexibility index (Phi) is 36.5. The van der Waals surface area contributed by atoms with Gasteiger partial charge >= 0.3 is 17.9 Å². The van der Waals surface area contributed by atoms with Crippen LogP contribution in [0.5, 0.6) is 0 Å². The van der Waals surface area contributed by atoms with Crippen molar-refractivity contribution in [1.82, 2.24) is 26.4 Å². The highest BCUT2D eigenvalue weighted by Crippen LogP contribution is 2.12. The first-order valence-corrected chi connectivity index (χ1v) is 21.0. The molecule has 0 aliphatic heterocycles. The molecule has 57 heavy (non-hydrogen) atoms. The quantitative estimate of drug-likeness (QED) is 0.0324. The molecular weight excluding hydrogens is 765 g/mol. The Labute approximate surface area is 340 Å². The third-order valence-electron chi connectivity index (χ3n) is 8.73. The topological polar surface area (TPSA) is 260 Å². The fourth-order valence-corrected chi connectivity index (χ4v) is 5.77. The Bertz CT molecular complexity index is 1090. The van der Waals surface area contributed by atoms with Gasteiger partial charge in [-0.15, -0.1) is 0 Å². The fourth-order valence-electron chi connectivity index (χ4n) is 5.46. The molecule has 0 aromatic rings.